The van der Waals surface area contributed by atoms with Crippen LogP contribution in [0, 0.1) is 0 Å². The predicted octanol–water partition coefficient (Wildman–Crippen LogP) is 1.98. The molecule has 0 aliphatic carbocycles. The SMILES string of the molecule is NC(=O)C1(c2cccc(Br)c2)CCOCC1. The van der Waals surface area contributed by atoms with Crippen molar-refractivity contribution in [1.82, 2.24) is 0 Å². The molecular weight excluding hydrogens is 270 g/mol. The summed E-state index contributed by atoms with van der Waals surface area (Å²) in [6.07, 6.45) is 1.33. The van der Waals surface area contributed by atoms with Gasteiger partial charge in [0.25, 0.3) is 0 Å². The second-order valence-corrected chi connectivity index (χ2v) is 4.98. The number of hydrogen-bond acceptors (Lipinski definition) is 2. The molecule has 0 radical (unpaired) electrons. The van der Waals surface area contributed by atoms with Crippen molar-refractivity contribution in [2.24, 2.45) is 5.73 Å². The van der Waals surface area contributed by atoms with Gasteiger partial charge in [-0.1, -0.05) is 28.1 Å². The maximum atomic E-state index is 11.7. The lowest BCUT2D eigenvalue weighted by molar-refractivity contribution is -0.127. The van der Waals surface area contributed by atoms with Gasteiger partial charge in [0.2, 0.25) is 5.91 Å². The molecule has 0 unspecified atom stereocenters. The first-order valence-electron chi connectivity index (χ1n) is 5.29. The van der Waals surface area contributed by atoms with Gasteiger partial charge in [-0.05, 0) is 30.5 Å². The lowest BCUT2D eigenvalue weighted by Crippen LogP contribution is -2.45. The number of primary amides is 1. The van der Waals surface area contributed by atoms with Crippen molar-refractivity contribution in [1.29, 1.82) is 0 Å². The van der Waals surface area contributed by atoms with Crippen LogP contribution in [0.15, 0.2) is 28.7 Å². The highest BCUT2D eigenvalue weighted by Gasteiger charge is 2.40. The zero-order chi connectivity index (χ0) is 11.6. The summed E-state index contributed by atoms with van der Waals surface area (Å²) >= 11 is 3.42. The number of amides is 1. The largest absolute Gasteiger partial charge is 0.381 e. The van der Waals surface area contributed by atoms with Crippen LogP contribution in [0.2, 0.25) is 0 Å². The van der Waals surface area contributed by atoms with E-state index in [1.54, 1.807) is 0 Å². The first-order chi connectivity index (χ1) is 7.65. The molecule has 1 aromatic carbocycles. The number of benzene rings is 1. The molecule has 16 heavy (non-hydrogen) atoms. The van der Waals surface area contributed by atoms with Crippen molar-refractivity contribution in [3.05, 3.63) is 34.3 Å². The van der Waals surface area contributed by atoms with Crippen molar-refractivity contribution in [3.63, 3.8) is 0 Å². The van der Waals surface area contributed by atoms with Crippen molar-refractivity contribution >= 4 is 21.8 Å². The second kappa shape index (κ2) is 4.55. The van der Waals surface area contributed by atoms with Gasteiger partial charge in [-0.15, -0.1) is 0 Å². The Balaban J connectivity index is 2.42. The van der Waals surface area contributed by atoms with Crippen LogP contribution in [-0.4, -0.2) is 19.1 Å². The van der Waals surface area contributed by atoms with E-state index in [2.05, 4.69) is 15.9 Å². The van der Waals surface area contributed by atoms with Crippen molar-refractivity contribution in [2.45, 2.75) is 18.3 Å². The minimum Gasteiger partial charge on any atom is -0.381 e. The Bertz CT molecular complexity index is 400. The summed E-state index contributed by atoms with van der Waals surface area (Å²) < 4.78 is 6.28. The van der Waals surface area contributed by atoms with Gasteiger partial charge in [0, 0.05) is 17.7 Å². The normalized spacial score (nSPS) is 19.3. The van der Waals surface area contributed by atoms with Crippen LogP contribution in [0.1, 0.15) is 18.4 Å². The summed E-state index contributed by atoms with van der Waals surface area (Å²) in [5, 5.41) is 0. The zero-order valence-corrected chi connectivity index (χ0v) is 10.5. The van der Waals surface area contributed by atoms with E-state index in [4.69, 9.17) is 10.5 Å². The maximum Gasteiger partial charge on any atom is 0.228 e. The number of halogens is 1. The summed E-state index contributed by atoms with van der Waals surface area (Å²) in [4.78, 5) is 11.7. The highest BCUT2D eigenvalue weighted by molar-refractivity contribution is 9.10. The molecule has 86 valence electrons. The Labute approximate surface area is 103 Å². The van der Waals surface area contributed by atoms with Gasteiger partial charge >= 0.3 is 0 Å². The van der Waals surface area contributed by atoms with E-state index >= 15 is 0 Å². The van der Waals surface area contributed by atoms with Gasteiger partial charge in [0.05, 0.1) is 5.41 Å². The molecule has 1 aliphatic heterocycles. The summed E-state index contributed by atoms with van der Waals surface area (Å²) in [6.45, 7) is 1.19. The third-order valence-electron chi connectivity index (χ3n) is 3.20. The summed E-state index contributed by atoms with van der Waals surface area (Å²) in [6, 6.07) is 7.80. The van der Waals surface area contributed by atoms with Gasteiger partial charge in [0.1, 0.15) is 0 Å². The Morgan fingerprint density at radius 1 is 1.38 bits per heavy atom. The van der Waals surface area contributed by atoms with Gasteiger partial charge in [0.15, 0.2) is 0 Å². The number of nitrogens with two attached hydrogens (primary N) is 1. The quantitative estimate of drug-likeness (QED) is 0.902. The molecule has 1 amide bonds. The summed E-state index contributed by atoms with van der Waals surface area (Å²) in [5.41, 5.74) is 6.00. The fourth-order valence-electron chi connectivity index (χ4n) is 2.18. The van der Waals surface area contributed by atoms with Gasteiger partial charge in [-0.3, -0.25) is 4.79 Å². The Kier molecular flexibility index (Phi) is 3.30. The molecule has 1 aromatic rings. The third kappa shape index (κ3) is 1.99. The number of carbonyl (C=O) groups is 1. The van der Waals surface area contributed by atoms with Crippen LogP contribution in [0.25, 0.3) is 0 Å². The standard InChI is InChI=1S/C12H14BrNO2/c13-10-3-1-2-9(8-10)12(11(14)15)4-6-16-7-5-12/h1-3,8H,4-7H2,(H2,14,15). The van der Waals surface area contributed by atoms with Gasteiger partial charge < -0.3 is 10.5 Å². The molecular formula is C12H14BrNO2. The highest BCUT2D eigenvalue weighted by atomic mass is 79.9. The molecule has 1 fully saturated rings. The molecule has 0 saturated carbocycles. The lowest BCUT2D eigenvalue weighted by Gasteiger charge is -2.34. The van der Waals surface area contributed by atoms with Crippen LogP contribution in [0.3, 0.4) is 0 Å². The molecule has 0 bridgehead atoms. The first-order valence-corrected chi connectivity index (χ1v) is 6.08. The predicted molar refractivity (Wildman–Crippen MR) is 65.1 cm³/mol. The minimum atomic E-state index is -0.554. The van der Waals surface area contributed by atoms with Gasteiger partial charge in [-0.2, -0.15) is 0 Å². The molecule has 2 rings (SSSR count). The number of carbonyl (C=O) groups excluding carboxylic acids is 1. The topological polar surface area (TPSA) is 52.3 Å². The third-order valence-corrected chi connectivity index (χ3v) is 3.69. The number of rotatable bonds is 2. The minimum absolute atomic E-state index is 0.256. The fourth-order valence-corrected chi connectivity index (χ4v) is 2.58. The van der Waals surface area contributed by atoms with E-state index in [1.165, 1.54) is 0 Å². The fraction of sp³-hybridized carbons (Fsp3) is 0.417. The lowest BCUT2D eigenvalue weighted by atomic mass is 9.73. The molecule has 1 saturated heterocycles. The maximum absolute atomic E-state index is 11.7. The Morgan fingerprint density at radius 3 is 2.62 bits per heavy atom. The number of ether oxygens (including phenoxy) is 1. The smallest absolute Gasteiger partial charge is 0.228 e. The second-order valence-electron chi connectivity index (χ2n) is 4.07. The zero-order valence-electron chi connectivity index (χ0n) is 8.91. The number of hydrogen-bond donors (Lipinski definition) is 1. The molecule has 0 aromatic heterocycles. The average Bonchev–Trinajstić information content (AvgIpc) is 2.30. The van der Waals surface area contributed by atoms with Crippen LogP contribution in [-0.2, 0) is 14.9 Å². The van der Waals surface area contributed by atoms with Crippen LogP contribution < -0.4 is 5.73 Å². The molecule has 2 N–H and O–H groups in total. The van der Waals surface area contributed by atoms with Gasteiger partial charge in [-0.25, -0.2) is 0 Å². The van der Waals surface area contributed by atoms with E-state index < -0.39 is 5.41 Å². The van der Waals surface area contributed by atoms with Crippen molar-refractivity contribution in [2.75, 3.05) is 13.2 Å². The molecule has 1 aliphatic rings. The van der Waals surface area contributed by atoms with E-state index in [9.17, 15) is 4.79 Å². The Hall–Kier alpha value is -0.870. The summed E-state index contributed by atoms with van der Waals surface area (Å²) in [7, 11) is 0. The first kappa shape index (κ1) is 11.6. The monoisotopic (exact) mass is 283 g/mol. The Morgan fingerprint density at radius 2 is 2.06 bits per heavy atom. The molecule has 4 heteroatoms. The van der Waals surface area contributed by atoms with Crippen LogP contribution in [0.4, 0.5) is 0 Å². The molecule has 0 atom stereocenters. The van der Waals surface area contributed by atoms with E-state index in [0.29, 0.717) is 26.1 Å². The molecule has 0 spiro atoms. The molecule has 1 heterocycles. The highest BCUT2D eigenvalue weighted by Crippen LogP contribution is 2.35. The van der Waals surface area contributed by atoms with Crippen LogP contribution >= 0.6 is 15.9 Å². The average molecular weight is 284 g/mol. The van der Waals surface area contributed by atoms with E-state index in [0.717, 1.165) is 10.0 Å². The molecule has 3 nitrogen and oxygen atoms in total. The van der Waals surface area contributed by atoms with Crippen molar-refractivity contribution < 1.29 is 9.53 Å². The van der Waals surface area contributed by atoms with Crippen LogP contribution in [0.5, 0.6) is 0 Å². The summed E-state index contributed by atoms with van der Waals surface area (Å²) in [5.74, 6) is -0.256. The van der Waals surface area contributed by atoms with E-state index in [-0.39, 0.29) is 5.91 Å². The van der Waals surface area contributed by atoms with E-state index in [1.807, 2.05) is 24.3 Å². The van der Waals surface area contributed by atoms with Crippen molar-refractivity contribution in [3.8, 4) is 0 Å².